The minimum absolute atomic E-state index is 0.0359. The monoisotopic (exact) mass is 345 g/mol. The van der Waals surface area contributed by atoms with Gasteiger partial charge in [-0.05, 0) is 18.3 Å². The molecule has 22 heavy (non-hydrogen) atoms. The van der Waals surface area contributed by atoms with Crippen molar-refractivity contribution in [3.05, 3.63) is 33.3 Å². The number of quaternary nitrogens is 1. The van der Waals surface area contributed by atoms with Gasteiger partial charge in [0.25, 0.3) is 5.69 Å². The highest BCUT2D eigenvalue weighted by Gasteiger charge is 2.22. The molecule has 1 aromatic rings. The molecular formula is C14H22ClN4O2S+. The van der Waals surface area contributed by atoms with Crippen LogP contribution in [0.25, 0.3) is 0 Å². The van der Waals surface area contributed by atoms with Gasteiger partial charge in [-0.25, -0.2) is 0 Å². The zero-order valence-electron chi connectivity index (χ0n) is 13.2. The summed E-state index contributed by atoms with van der Waals surface area (Å²) in [4.78, 5) is 11.7. The Morgan fingerprint density at radius 2 is 2.09 bits per heavy atom. The van der Waals surface area contributed by atoms with Crippen LogP contribution in [0.15, 0.2) is 18.2 Å². The minimum Gasteiger partial charge on any atom is -0.362 e. The van der Waals surface area contributed by atoms with Crippen molar-refractivity contribution in [1.29, 1.82) is 0 Å². The van der Waals surface area contributed by atoms with E-state index in [2.05, 4.69) is 38.6 Å². The first-order valence-corrected chi connectivity index (χ1v) is 7.67. The molecule has 0 saturated carbocycles. The fraction of sp³-hybridized carbons (Fsp3) is 0.500. The van der Waals surface area contributed by atoms with Gasteiger partial charge < -0.3 is 15.5 Å². The summed E-state index contributed by atoms with van der Waals surface area (Å²) < 4.78 is 0. The van der Waals surface area contributed by atoms with E-state index >= 15 is 0 Å². The highest BCUT2D eigenvalue weighted by molar-refractivity contribution is 7.80. The van der Waals surface area contributed by atoms with Crippen molar-refractivity contribution < 1.29 is 9.82 Å². The summed E-state index contributed by atoms with van der Waals surface area (Å²) in [7, 11) is 4.20. The van der Waals surface area contributed by atoms with Crippen LogP contribution in [0, 0.1) is 15.5 Å². The maximum absolute atomic E-state index is 10.8. The third-order valence-electron chi connectivity index (χ3n) is 2.97. The van der Waals surface area contributed by atoms with E-state index in [-0.39, 0.29) is 11.1 Å². The Labute approximate surface area is 141 Å². The van der Waals surface area contributed by atoms with Gasteiger partial charge in [-0.15, -0.1) is 0 Å². The van der Waals surface area contributed by atoms with E-state index in [4.69, 9.17) is 23.8 Å². The summed E-state index contributed by atoms with van der Waals surface area (Å²) in [5, 5.41) is 17.6. The number of thiocarbonyl (C=S) groups is 1. The molecule has 0 saturated heterocycles. The fourth-order valence-corrected chi connectivity index (χ4v) is 2.58. The highest BCUT2D eigenvalue weighted by atomic mass is 35.5. The summed E-state index contributed by atoms with van der Waals surface area (Å²) >= 11 is 11.3. The summed E-state index contributed by atoms with van der Waals surface area (Å²) in [6.45, 7) is 5.97. The number of rotatable bonds is 6. The van der Waals surface area contributed by atoms with Crippen molar-refractivity contribution in [3.63, 3.8) is 0 Å². The quantitative estimate of drug-likeness (QED) is 0.416. The molecule has 0 unspecified atom stereocenters. The summed E-state index contributed by atoms with van der Waals surface area (Å²) in [5.41, 5.74) is 0.451. The zero-order valence-corrected chi connectivity index (χ0v) is 14.8. The molecule has 0 aliphatic carbocycles. The third kappa shape index (κ3) is 6.13. The number of anilines is 1. The molecule has 0 radical (unpaired) electrons. The van der Waals surface area contributed by atoms with Crippen LogP contribution < -0.4 is 15.5 Å². The average molecular weight is 346 g/mol. The van der Waals surface area contributed by atoms with Crippen LogP contribution in [-0.2, 0) is 0 Å². The SMILES string of the molecule is C[NH+](C)CC(C)(C)CNC(=S)Nc1cc([N+](=O)[O-])ccc1Cl. The molecule has 0 aliphatic heterocycles. The van der Waals surface area contributed by atoms with Crippen LogP contribution in [0.1, 0.15) is 13.8 Å². The number of hydrogen-bond acceptors (Lipinski definition) is 3. The predicted molar refractivity (Wildman–Crippen MR) is 93.8 cm³/mol. The standard InChI is InChI=1S/C14H21ClN4O2S/c1-14(2,9-18(3)4)8-16-13(22)17-12-7-10(19(20)21)5-6-11(12)15/h5-7H,8-9H2,1-4H3,(H2,16,17,22)/p+1. The molecule has 0 heterocycles. The summed E-state index contributed by atoms with van der Waals surface area (Å²) in [6.07, 6.45) is 0. The zero-order chi connectivity index (χ0) is 16.9. The molecule has 1 rings (SSSR count). The number of nitro benzene ring substituents is 1. The average Bonchev–Trinajstić information content (AvgIpc) is 2.37. The van der Waals surface area contributed by atoms with E-state index in [1.54, 1.807) is 0 Å². The smallest absolute Gasteiger partial charge is 0.271 e. The van der Waals surface area contributed by atoms with Crippen LogP contribution in [0.2, 0.25) is 5.02 Å². The molecule has 0 atom stereocenters. The lowest BCUT2D eigenvalue weighted by Gasteiger charge is -2.26. The number of nitrogens with one attached hydrogen (secondary N) is 3. The van der Waals surface area contributed by atoms with E-state index in [1.165, 1.54) is 23.1 Å². The van der Waals surface area contributed by atoms with Crippen molar-refractivity contribution in [2.45, 2.75) is 13.8 Å². The van der Waals surface area contributed by atoms with Crippen LogP contribution in [0.4, 0.5) is 11.4 Å². The second-order valence-electron chi connectivity index (χ2n) is 6.28. The van der Waals surface area contributed by atoms with Gasteiger partial charge in [0.15, 0.2) is 5.11 Å². The number of halogens is 1. The number of nitrogens with zero attached hydrogens (tertiary/aromatic N) is 1. The lowest BCUT2D eigenvalue weighted by molar-refractivity contribution is -0.865. The Hall–Kier alpha value is -1.44. The lowest BCUT2D eigenvalue weighted by atomic mass is 9.93. The first-order chi connectivity index (χ1) is 10.1. The van der Waals surface area contributed by atoms with Crippen LogP contribution >= 0.6 is 23.8 Å². The molecule has 0 amide bonds. The van der Waals surface area contributed by atoms with E-state index in [1.807, 2.05) is 0 Å². The second-order valence-corrected chi connectivity index (χ2v) is 7.09. The first-order valence-electron chi connectivity index (χ1n) is 6.88. The van der Waals surface area contributed by atoms with Crippen LogP contribution in [-0.4, -0.2) is 37.2 Å². The van der Waals surface area contributed by atoms with Crippen molar-refractivity contribution in [2.24, 2.45) is 5.41 Å². The molecule has 0 bridgehead atoms. The van der Waals surface area contributed by atoms with Gasteiger partial charge in [-0.2, -0.15) is 0 Å². The Morgan fingerprint density at radius 3 is 2.64 bits per heavy atom. The predicted octanol–water partition coefficient (Wildman–Crippen LogP) is 1.71. The summed E-state index contributed by atoms with van der Waals surface area (Å²) in [5.74, 6) is 0. The van der Waals surface area contributed by atoms with E-state index in [9.17, 15) is 10.1 Å². The molecule has 0 aliphatic rings. The molecule has 1 aromatic carbocycles. The fourth-order valence-electron chi connectivity index (χ4n) is 2.23. The normalized spacial score (nSPS) is 11.4. The number of benzene rings is 1. The van der Waals surface area contributed by atoms with Crippen molar-refractivity contribution in [2.75, 3.05) is 32.5 Å². The van der Waals surface area contributed by atoms with Crippen LogP contribution in [0.3, 0.4) is 0 Å². The van der Waals surface area contributed by atoms with Crippen LogP contribution in [0.5, 0.6) is 0 Å². The van der Waals surface area contributed by atoms with Gasteiger partial charge in [0.05, 0.1) is 36.3 Å². The third-order valence-corrected chi connectivity index (χ3v) is 3.54. The molecule has 8 heteroatoms. The molecule has 0 aromatic heterocycles. The Morgan fingerprint density at radius 1 is 1.45 bits per heavy atom. The van der Waals surface area contributed by atoms with Gasteiger partial charge in [-0.3, -0.25) is 10.1 Å². The largest absolute Gasteiger partial charge is 0.362 e. The molecular weight excluding hydrogens is 324 g/mol. The van der Waals surface area contributed by atoms with Crippen molar-refractivity contribution in [3.8, 4) is 0 Å². The summed E-state index contributed by atoms with van der Waals surface area (Å²) in [6, 6.07) is 4.20. The second kappa shape index (κ2) is 7.71. The Balaban J connectivity index is 2.66. The van der Waals surface area contributed by atoms with Crippen molar-refractivity contribution in [1.82, 2.24) is 5.32 Å². The minimum atomic E-state index is -0.471. The molecule has 6 nitrogen and oxygen atoms in total. The number of non-ortho nitro benzene ring substituents is 1. The molecule has 0 fully saturated rings. The maximum atomic E-state index is 10.8. The molecule has 0 spiro atoms. The molecule has 3 N–H and O–H groups in total. The number of hydrogen-bond donors (Lipinski definition) is 3. The van der Waals surface area contributed by atoms with Gasteiger partial charge >= 0.3 is 0 Å². The topological polar surface area (TPSA) is 71.6 Å². The Bertz CT molecular complexity index is 564. The van der Waals surface area contributed by atoms with Gasteiger partial charge in [0.1, 0.15) is 0 Å². The van der Waals surface area contributed by atoms with Gasteiger partial charge in [0.2, 0.25) is 0 Å². The van der Waals surface area contributed by atoms with Crippen molar-refractivity contribution >= 4 is 40.3 Å². The maximum Gasteiger partial charge on any atom is 0.271 e. The van der Waals surface area contributed by atoms with Gasteiger partial charge in [-0.1, -0.05) is 25.4 Å². The number of nitro groups is 1. The van der Waals surface area contributed by atoms with E-state index in [0.29, 0.717) is 22.4 Å². The lowest BCUT2D eigenvalue weighted by Crippen LogP contribution is -3.07. The van der Waals surface area contributed by atoms with Gasteiger partial charge in [0, 0.05) is 24.1 Å². The molecule has 122 valence electrons. The van der Waals surface area contributed by atoms with E-state index in [0.717, 1.165) is 6.54 Å². The highest BCUT2D eigenvalue weighted by Crippen LogP contribution is 2.26. The van der Waals surface area contributed by atoms with E-state index < -0.39 is 4.92 Å². The first kappa shape index (κ1) is 18.6. The Kier molecular flexibility index (Phi) is 6.52.